The number of amides is 1. The van der Waals surface area contributed by atoms with E-state index in [2.05, 4.69) is 43.1 Å². The smallest absolute Gasteiger partial charge is 1.00 e. The molecule has 1 saturated heterocycles. The van der Waals surface area contributed by atoms with Crippen LogP contribution >= 0.6 is 11.8 Å². The zero-order valence-electron chi connectivity index (χ0n) is 22.2. The molecule has 0 unspecified atom stereocenters. The molecule has 0 aliphatic carbocycles. The molecular formula is C29H23N6NaO2S. The van der Waals surface area contributed by atoms with Crippen molar-refractivity contribution < 1.29 is 40.5 Å². The van der Waals surface area contributed by atoms with Crippen LogP contribution in [0, 0.1) is 0 Å². The van der Waals surface area contributed by atoms with Gasteiger partial charge < -0.3 is 11.5 Å². The van der Waals surface area contributed by atoms with Crippen LogP contribution in [0.4, 0.5) is 5.69 Å². The monoisotopic (exact) mass is 542 g/mol. The molecule has 0 spiro atoms. The van der Waals surface area contributed by atoms with Crippen LogP contribution in [0.15, 0.2) is 122 Å². The molecule has 1 amide bonds. The Kier molecular flexibility index (Phi) is 8.63. The van der Waals surface area contributed by atoms with Crippen molar-refractivity contribution in [2.24, 2.45) is 25.7 Å². The fourth-order valence-electron chi connectivity index (χ4n) is 4.14. The van der Waals surface area contributed by atoms with Crippen LogP contribution in [-0.4, -0.2) is 17.2 Å². The average Bonchev–Trinajstić information content (AvgIpc) is 3.58. The third kappa shape index (κ3) is 6.69. The first-order valence-electron chi connectivity index (χ1n) is 12.1. The number of carbonyl (C=O) groups is 1. The number of ether oxygens (including phenoxy) is 1. The molecule has 0 bridgehead atoms. The third-order valence-electron chi connectivity index (χ3n) is 6.05. The van der Waals surface area contributed by atoms with E-state index in [0.29, 0.717) is 23.1 Å². The second-order valence-corrected chi connectivity index (χ2v) is 9.78. The molecule has 1 N–H and O–H groups in total. The summed E-state index contributed by atoms with van der Waals surface area (Å²) in [6.45, 7) is 0.434. The Labute approximate surface area is 253 Å². The van der Waals surface area contributed by atoms with Gasteiger partial charge in [0.1, 0.15) is 12.4 Å². The summed E-state index contributed by atoms with van der Waals surface area (Å²) in [5.74, 6) is 0.528. The van der Waals surface area contributed by atoms with E-state index in [4.69, 9.17) is 4.74 Å². The Bertz CT molecular complexity index is 1620. The summed E-state index contributed by atoms with van der Waals surface area (Å²) >= 11 is 1.31. The van der Waals surface area contributed by atoms with Crippen molar-refractivity contribution in [3.05, 3.63) is 113 Å². The summed E-state index contributed by atoms with van der Waals surface area (Å²) in [5, 5.41) is 20.5. The van der Waals surface area contributed by atoms with Crippen LogP contribution in [0.5, 0.6) is 5.75 Å². The Morgan fingerprint density at radius 3 is 2.33 bits per heavy atom. The SMILES string of the molecule is O=C1NC(=Nc2ccc(CC3N=NN=N3)cc2)SC1=Cc1cc2ccccc2cc1OCc1ccccc1.[H-].[Na+]. The fourth-order valence-corrected chi connectivity index (χ4v) is 4.97. The quantitative estimate of drug-likeness (QED) is 0.281. The molecule has 0 saturated carbocycles. The second kappa shape index (κ2) is 12.5. The minimum absolute atomic E-state index is 0. The number of hydrogen-bond acceptors (Lipinski definition) is 8. The topological polar surface area (TPSA) is 100 Å². The first-order valence-corrected chi connectivity index (χ1v) is 12.9. The number of carbonyl (C=O) groups excluding carboxylic acids is 1. The molecule has 0 radical (unpaired) electrons. The number of nitrogens with zero attached hydrogens (tertiary/aromatic N) is 5. The molecule has 4 aromatic rings. The predicted octanol–water partition coefficient (Wildman–Crippen LogP) is 4.13. The Morgan fingerprint density at radius 1 is 0.897 bits per heavy atom. The number of nitrogens with one attached hydrogen (secondary N) is 1. The third-order valence-corrected chi connectivity index (χ3v) is 6.96. The summed E-state index contributed by atoms with van der Waals surface area (Å²) in [6, 6.07) is 29.9. The van der Waals surface area contributed by atoms with E-state index < -0.39 is 0 Å². The Morgan fingerprint density at radius 2 is 1.59 bits per heavy atom. The molecule has 10 heteroatoms. The normalized spacial score (nSPS) is 16.7. The van der Waals surface area contributed by atoms with E-state index in [1.165, 1.54) is 11.8 Å². The molecule has 1 fully saturated rings. The number of benzene rings is 4. The Hall–Kier alpha value is -3.63. The standard InChI is InChI=1S/C29H22N6O2S.Na.H/c36-28-26(38-29(31-28)30-24-12-10-19(11-13-24)14-27-32-34-35-33-27)17-23-15-21-8-4-5-9-22(21)16-25(23)37-18-20-6-2-1-3-7-20;;/h1-13,15-17,27H,14,18H2,(H,30,31,36);;/q;+1;-1. The number of fused-ring (bicyclic) bond motifs is 1. The molecule has 2 heterocycles. The average molecular weight is 543 g/mol. The van der Waals surface area contributed by atoms with Crippen molar-refractivity contribution in [2.45, 2.75) is 19.2 Å². The molecular weight excluding hydrogens is 519 g/mol. The van der Waals surface area contributed by atoms with E-state index in [-0.39, 0.29) is 43.1 Å². The zero-order valence-corrected chi connectivity index (χ0v) is 24.0. The van der Waals surface area contributed by atoms with Gasteiger partial charge in [-0.05, 0) is 74.4 Å². The second-order valence-electron chi connectivity index (χ2n) is 8.75. The van der Waals surface area contributed by atoms with Gasteiger partial charge in [0.05, 0.1) is 10.6 Å². The van der Waals surface area contributed by atoms with Gasteiger partial charge in [-0.25, -0.2) is 4.99 Å². The van der Waals surface area contributed by atoms with E-state index in [1.807, 2.05) is 84.9 Å². The van der Waals surface area contributed by atoms with Crippen molar-refractivity contribution in [3.63, 3.8) is 0 Å². The molecule has 8 nitrogen and oxygen atoms in total. The van der Waals surface area contributed by atoms with Crippen LogP contribution in [-0.2, 0) is 17.8 Å². The first kappa shape index (κ1) is 27.0. The van der Waals surface area contributed by atoms with Crippen LogP contribution in [0.25, 0.3) is 16.8 Å². The van der Waals surface area contributed by atoms with Gasteiger partial charge in [0.15, 0.2) is 11.3 Å². The molecule has 39 heavy (non-hydrogen) atoms. The molecule has 6 rings (SSSR count). The van der Waals surface area contributed by atoms with Crippen LogP contribution < -0.4 is 39.6 Å². The number of hydrogen-bond donors (Lipinski definition) is 1. The van der Waals surface area contributed by atoms with Crippen LogP contribution in [0.3, 0.4) is 0 Å². The van der Waals surface area contributed by atoms with Gasteiger partial charge >= 0.3 is 29.6 Å². The van der Waals surface area contributed by atoms with Crippen molar-refractivity contribution in [2.75, 3.05) is 0 Å². The number of thioether (sulfide) groups is 1. The maximum Gasteiger partial charge on any atom is 1.00 e. The maximum atomic E-state index is 12.8. The maximum absolute atomic E-state index is 12.8. The van der Waals surface area contributed by atoms with Crippen molar-refractivity contribution in [3.8, 4) is 5.75 Å². The van der Waals surface area contributed by atoms with Gasteiger partial charge in [-0.15, -0.1) is 10.2 Å². The Balaban J connectivity index is 0.00000185. The molecule has 2 aliphatic heterocycles. The predicted molar refractivity (Wildman–Crippen MR) is 150 cm³/mol. The number of amidine groups is 1. The summed E-state index contributed by atoms with van der Waals surface area (Å²) in [6.07, 6.45) is 2.23. The fraction of sp³-hybridized carbons (Fsp3) is 0.103. The van der Waals surface area contributed by atoms with E-state index in [0.717, 1.165) is 38.9 Å². The van der Waals surface area contributed by atoms with E-state index >= 15 is 0 Å². The van der Waals surface area contributed by atoms with Gasteiger partial charge in [-0.2, -0.15) is 0 Å². The number of rotatable bonds is 7. The van der Waals surface area contributed by atoms with Crippen LogP contribution in [0.1, 0.15) is 18.1 Å². The van der Waals surface area contributed by atoms with Crippen LogP contribution in [0.2, 0.25) is 0 Å². The van der Waals surface area contributed by atoms with Gasteiger partial charge in [-0.3, -0.25) is 4.79 Å². The molecule has 188 valence electrons. The minimum atomic E-state index is -0.263. The van der Waals surface area contributed by atoms with E-state index in [9.17, 15) is 4.79 Å². The van der Waals surface area contributed by atoms with Gasteiger partial charge in [0.2, 0.25) is 0 Å². The summed E-state index contributed by atoms with van der Waals surface area (Å²) < 4.78 is 6.22. The first-order chi connectivity index (χ1) is 18.7. The van der Waals surface area contributed by atoms with E-state index in [1.54, 1.807) is 0 Å². The van der Waals surface area contributed by atoms with Crippen molar-refractivity contribution >= 4 is 45.4 Å². The number of aliphatic imine (C=N–C) groups is 1. The zero-order chi connectivity index (χ0) is 25.7. The molecule has 4 aromatic carbocycles. The molecule has 0 atom stereocenters. The van der Waals surface area contributed by atoms with Crippen molar-refractivity contribution in [1.82, 2.24) is 5.32 Å². The molecule has 0 aromatic heterocycles. The minimum Gasteiger partial charge on any atom is -1.00 e. The van der Waals surface area contributed by atoms with Gasteiger partial charge in [0.25, 0.3) is 5.91 Å². The summed E-state index contributed by atoms with van der Waals surface area (Å²) in [4.78, 5) is 18.0. The largest absolute Gasteiger partial charge is 1.00 e. The van der Waals surface area contributed by atoms with Gasteiger partial charge in [0, 0.05) is 12.0 Å². The van der Waals surface area contributed by atoms with Gasteiger partial charge in [-0.1, -0.05) is 66.7 Å². The summed E-state index contributed by atoms with van der Waals surface area (Å²) in [7, 11) is 0. The van der Waals surface area contributed by atoms with Crippen molar-refractivity contribution in [1.29, 1.82) is 0 Å². The molecule has 2 aliphatic rings. The summed E-state index contributed by atoms with van der Waals surface area (Å²) in [5.41, 5.74) is 3.71.